The van der Waals surface area contributed by atoms with Crippen LogP contribution in [0, 0.1) is 23.2 Å². The van der Waals surface area contributed by atoms with Gasteiger partial charge in [0.05, 0.1) is 7.85 Å². The average molecular weight is 226 g/mol. The molecule has 0 aliphatic rings. The normalized spacial score (nSPS) is 18.7. The van der Waals surface area contributed by atoms with Gasteiger partial charge in [0.1, 0.15) is 0 Å². The third-order valence-electron chi connectivity index (χ3n) is 4.63. The topological polar surface area (TPSA) is 0 Å². The Labute approximate surface area is 107 Å². The Bertz CT molecular complexity index is 161. The fourth-order valence-corrected chi connectivity index (χ4v) is 2.18. The molecule has 0 aromatic heterocycles. The molecule has 0 amide bonds. The standard InChI is InChI=1S/C13H27B.2CH4/c1-8-9(2)10(3)13(6,7)11(4)12(5)14;;/h9-12H,8H2,1-7H3;2*1H4. The lowest BCUT2D eigenvalue weighted by Crippen LogP contribution is -2.34. The van der Waals surface area contributed by atoms with Gasteiger partial charge in [-0.2, -0.15) is 0 Å². The first-order valence-electron chi connectivity index (χ1n) is 6.00. The highest BCUT2D eigenvalue weighted by atomic mass is 14.4. The SMILES string of the molecule is C.C.[B]C(C)C(C)C(C)(C)C(C)C(C)CC. The summed E-state index contributed by atoms with van der Waals surface area (Å²) in [6.45, 7) is 16.1. The Morgan fingerprint density at radius 2 is 1.31 bits per heavy atom. The van der Waals surface area contributed by atoms with E-state index in [1.54, 1.807) is 0 Å². The molecule has 0 fully saturated rings. The number of hydrogen-bond donors (Lipinski definition) is 0. The van der Waals surface area contributed by atoms with Crippen molar-refractivity contribution in [3.63, 3.8) is 0 Å². The predicted molar refractivity (Wildman–Crippen MR) is 80.2 cm³/mol. The zero-order valence-corrected chi connectivity index (χ0v) is 11.1. The Morgan fingerprint density at radius 1 is 0.938 bits per heavy atom. The molecule has 0 aliphatic carbocycles. The summed E-state index contributed by atoms with van der Waals surface area (Å²) in [6.07, 6.45) is 1.26. The lowest BCUT2D eigenvalue weighted by molar-refractivity contribution is 0.0919. The minimum atomic E-state index is 0. The first-order chi connectivity index (χ1) is 6.25. The van der Waals surface area contributed by atoms with E-state index in [1.165, 1.54) is 6.42 Å². The maximum atomic E-state index is 6.00. The molecule has 0 rings (SSSR count). The molecule has 0 N–H and O–H groups in total. The van der Waals surface area contributed by atoms with Crippen LogP contribution in [0.5, 0.6) is 0 Å². The maximum Gasteiger partial charge on any atom is 0.0699 e. The highest BCUT2D eigenvalue weighted by Gasteiger charge is 2.35. The molecular weight excluding hydrogens is 191 g/mol. The molecule has 0 saturated carbocycles. The van der Waals surface area contributed by atoms with Crippen LogP contribution in [0.15, 0.2) is 0 Å². The van der Waals surface area contributed by atoms with Gasteiger partial charge in [-0.1, -0.05) is 75.6 Å². The predicted octanol–water partition coefficient (Wildman–Crippen LogP) is 5.58. The lowest BCUT2D eigenvalue weighted by Gasteiger charge is -2.42. The van der Waals surface area contributed by atoms with Crippen molar-refractivity contribution in [3.05, 3.63) is 0 Å². The number of hydrogen-bond acceptors (Lipinski definition) is 0. The van der Waals surface area contributed by atoms with Gasteiger partial charge in [0.25, 0.3) is 0 Å². The Kier molecular flexibility index (Phi) is 10.9. The summed E-state index contributed by atoms with van der Waals surface area (Å²) in [6, 6.07) is 0. The second-order valence-electron chi connectivity index (χ2n) is 5.64. The van der Waals surface area contributed by atoms with Gasteiger partial charge in [-0.15, -0.1) is 0 Å². The van der Waals surface area contributed by atoms with Crippen LogP contribution in [0.1, 0.15) is 69.7 Å². The van der Waals surface area contributed by atoms with Crippen molar-refractivity contribution in [2.45, 2.75) is 75.6 Å². The molecule has 0 nitrogen and oxygen atoms in total. The van der Waals surface area contributed by atoms with Gasteiger partial charge in [-0.05, 0) is 23.2 Å². The highest BCUT2D eigenvalue weighted by molar-refractivity contribution is 6.11. The lowest BCUT2D eigenvalue weighted by atomic mass is 9.59. The molecular formula is C15H35B. The second kappa shape index (κ2) is 8.20. The van der Waals surface area contributed by atoms with E-state index in [0.29, 0.717) is 11.3 Å². The molecule has 2 radical (unpaired) electrons. The van der Waals surface area contributed by atoms with Crippen molar-refractivity contribution in [1.29, 1.82) is 0 Å². The van der Waals surface area contributed by atoms with E-state index in [1.807, 2.05) is 0 Å². The van der Waals surface area contributed by atoms with Gasteiger partial charge in [-0.25, -0.2) is 0 Å². The van der Waals surface area contributed by atoms with E-state index in [-0.39, 0.29) is 20.7 Å². The van der Waals surface area contributed by atoms with Crippen molar-refractivity contribution in [3.8, 4) is 0 Å². The van der Waals surface area contributed by atoms with Crippen LogP contribution in [0.25, 0.3) is 0 Å². The van der Waals surface area contributed by atoms with E-state index >= 15 is 0 Å². The summed E-state index contributed by atoms with van der Waals surface area (Å²) in [4.78, 5) is 0. The zero-order valence-electron chi connectivity index (χ0n) is 11.1. The van der Waals surface area contributed by atoms with Gasteiger partial charge in [0, 0.05) is 0 Å². The van der Waals surface area contributed by atoms with Crippen LogP contribution in [0.2, 0.25) is 5.82 Å². The molecule has 16 heavy (non-hydrogen) atoms. The van der Waals surface area contributed by atoms with Gasteiger partial charge < -0.3 is 0 Å². The van der Waals surface area contributed by atoms with Gasteiger partial charge >= 0.3 is 0 Å². The van der Waals surface area contributed by atoms with Gasteiger partial charge in [0.2, 0.25) is 0 Å². The minimum Gasteiger partial charge on any atom is -0.0776 e. The summed E-state index contributed by atoms with van der Waals surface area (Å²) in [5.74, 6) is 2.38. The summed E-state index contributed by atoms with van der Waals surface area (Å²) in [5.41, 5.74) is 0.337. The van der Waals surface area contributed by atoms with Gasteiger partial charge in [0.15, 0.2) is 0 Å². The van der Waals surface area contributed by atoms with Crippen LogP contribution in [0.4, 0.5) is 0 Å². The van der Waals surface area contributed by atoms with E-state index in [9.17, 15) is 0 Å². The molecule has 1 heteroatoms. The molecule has 98 valence electrons. The van der Waals surface area contributed by atoms with Crippen molar-refractivity contribution < 1.29 is 0 Å². The first kappa shape index (κ1) is 21.4. The van der Waals surface area contributed by atoms with Crippen LogP contribution >= 0.6 is 0 Å². The zero-order chi connectivity index (χ0) is 11.5. The molecule has 0 saturated heterocycles. The molecule has 0 spiro atoms. The summed E-state index contributed by atoms with van der Waals surface area (Å²) < 4.78 is 0. The van der Waals surface area contributed by atoms with Crippen LogP contribution in [-0.4, -0.2) is 7.85 Å². The summed E-state index contributed by atoms with van der Waals surface area (Å²) in [7, 11) is 6.00. The molecule has 0 bridgehead atoms. The fourth-order valence-electron chi connectivity index (χ4n) is 2.18. The minimum absolute atomic E-state index is 0. The summed E-state index contributed by atoms with van der Waals surface area (Å²) >= 11 is 0. The Balaban J connectivity index is -0.000000845. The highest BCUT2D eigenvalue weighted by Crippen LogP contribution is 2.43. The summed E-state index contributed by atoms with van der Waals surface area (Å²) in [5, 5.41) is 0. The molecule has 0 aliphatic heterocycles. The first-order valence-corrected chi connectivity index (χ1v) is 6.00. The van der Waals surface area contributed by atoms with Crippen LogP contribution in [0.3, 0.4) is 0 Å². The molecule has 4 unspecified atom stereocenters. The third-order valence-corrected chi connectivity index (χ3v) is 4.63. The van der Waals surface area contributed by atoms with Crippen molar-refractivity contribution >= 4 is 7.85 Å². The van der Waals surface area contributed by atoms with Crippen LogP contribution < -0.4 is 0 Å². The van der Waals surface area contributed by atoms with E-state index < -0.39 is 0 Å². The third kappa shape index (κ3) is 4.93. The quantitative estimate of drug-likeness (QED) is 0.537. The molecule has 0 aromatic carbocycles. The molecule has 0 aromatic rings. The van der Waals surface area contributed by atoms with Gasteiger partial charge in [-0.3, -0.25) is 0 Å². The number of rotatable bonds is 5. The second-order valence-corrected chi connectivity index (χ2v) is 5.64. The smallest absolute Gasteiger partial charge is 0.0699 e. The Hall–Kier alpha value is 0.0649. The van der Waals surface area contributed by atoms with Crippen LogP contribution in [-0.2, 0) is 0 Å². The van der Waals surface area contributed by atoms with E-state index in [2.05, 4.69) is 48.5 Å². The van der Waals surface area contributed by atoms with Crippen molar-refractivity contribution in [2.24, 2.45) is 23.2 Å². The van der Waals surface area contributed by atoms with Crippen molar-refractivity contribution in [1.82, 2.24) is 0 Å². The fraction of sp³-hybridized carbons (Fsp3) is 1.00. The largest absolute Gasteiger partial charge is 0.0776 e. The van der Waals surface area contributed by atoms with E-state index in [4.69, 9.17) is 7.85 Å². The Morgan fingerprint density at radius 3 is 1.56 bits per heavy atom. The molecule has 4 atom stereocenters. The maximum absolute atomic E-state index is 6.00. The average Bonchev–Trinajstić information content (AvgIpc) is 2.13. The molecule has 0 heterocycles. The van der Waals surface area contributed by atoms with E-state index in [0.717, 1.165) is 11.8 Å². The van der Waals surface area contributed by atoms with Crippen molar-refractivity contribution in [2.75, 3.05) is 0 Å². The monoisotopic (exact) mass is 226 g/mol.